The monoisotopic (exact) mass is 456 g/mol. The summed E-state index contributed by atoms with van der Waals surface area (Å²) in [6.45, 7) is 0. The fourth-order valence-electron chi connectivity index (χ4n) is 4.74. The summed E-state index contributed by atoms with van der Waals surface area (Å²) >= 11 is 1.39. The Hall–Kier alpha value is -3.90. The molecule has 1 amide bonds. The van der Waals surface area contributed by atoms with Gasteiger partial charge in [-0.2, -0.15) is 5.26 Å². The topological polar surface area (TPSA) is 114 Å². The van der Waals surface area contributed by atoms with E-state index in [2.05, 4.69) is 26.6 Å². The number of nitrogens with one attached hydrogen (secondary N) is 1. The molecule has 1 fully saturated rings. The Kier molecular flexibility index (Phi) is 5.23. The molecule has 3 aromatic heterocycles. The van der Waals surface area contributed by atoms with Crippen molar-refractivity contribution in [3.05, 3.63) is 70.8 Å². The van der Waals surface area contributed by atoms with Crippen LogP contribution in [-0.4, -0.2) is 31.9 Å². The van der Waals surface area contributed by atoms with Crippen molar-refractivity contribution in [2.75, 3.05) is 5.32 Å². The van der Waals surface area contributed by atoms with Crippen LogP contribution in [0, 0.1) is 17.2 Å². The van der Waals surface area contributed by atoms with Gasteiger partial charge in [0.25, 0.3) is 5.91 Å². The molecule has 164 valence electrons. The molecule has 1 N–H and O–H groups in total. The zero-order valence-electron chi connectivity index (χ0n) is 17.9. The molecule has 3 heterocycles. The normalized spacial score (nSPS) is 19.6. The minimum absolute atomic E-state index is 0.193. The van der Waals surface area contributed by atoms with Crippen molar-refractivity contribution in [1.82, 2.24) is 19.7 Å². The van der Waals surface area contributed by atoms with Crippen LogP contribution in [0.1, 0.15) is 51.5 Å². The summed E-state index contributed by atoms with van der Waals surface area (Å²) in [4.78, 5) is 29.5. The largest absolute Gasteiger partial charge is 0.321 e. The second-order valence-electron chi connectivity index (χ2n) is 8.37. The molecule has 9 heteroatoms. The quantitative estimate of drug-likeness (QED) is 0.437. The fourth-order valence-corrected chi connectivity index (χ4v) is 5.54. The molecule has 33 heavy (non-hydrogen) atoms. The molecule has 1 aliphatic carbocycles. The maximum Gasteiger partial charge on any atom is 0.274 e. The summed E-state index contributed by atoms with van der Waals surface area (Å²) < 4.78 is 1.91. The van der Waals surface area contributed by atoms with E-state index >= 15 is 0 Å². The number of carbonyl (C=O) groups excluding carboxylic acids is 2. The maximum atomic E-state index is 13.0. The number of amides is 1. The van der Waals surface area contributed by atoms with Gasteiger partial charge < -0.3 is 9.88 Å². The van der Waals surface area contributed by atoms with Gasteiger partial charge in [0, 0.05) is 30.1 Å². The standard InChI is InChI=1S/C24H20N6O2S/c1-30-14-26-29-23(30)24(11-15(12-24)5-7-25)17-3-2-4-18(10-17)27-21(32)20-9-16(13-31)19-6-8-33-22(19)28-20/h2-4,6,8-10,13-15H,5,11-12H2,1H3,(H,27,32). The van der Waals surface area contributed by atoms with Crippen molar-refractivity contribution in [2.24, 2.45) is 13.0 Å². The summed E-state index contributed by atoms with van der Waals surface area (Å²) in [6, 6.07) is 13.3. The van der Waals surface area contributed by atoms with Crippen molar-refractivity contribution in [1.29, 1.82) is 5.26 Å². The van der Waals surface area contributed by atoms with Gasteiger partial charge in [0.1, 0.15) is 22.7 Å². The molecule has 0 atom stereocenters. The van der Waals surface area contributed by atoms with Crippen LogP contribution in [0.2, 0.25) is 0 Å². The SMILES string of the molecule is Cn1cnnc1C1(c2cccc(NC(=O)c3cc(C=O)c4ccsc4n3)c2)CC(CC#N)C1. The van der Waals surface area contributed by atoms with E-state index in [9.17, 15) is 9.59 Å². The molecule has 0 radical (unpaired) electrons. The number of anilines is 1. The predicted octanol–water partition coefficient (Wildman–Crippen LogP) is 4.10. The fraction of sp³-hybridized carbons (Fsp3) is 0.250. The Morgan fingerprint density at radius 1 is 1.36 bits per heavy atom. The van der Waals surface area contributed by atoms with E-state index in [-0.39, 0.29) is 17.0 Å². The number of nitrogens with zero attached hydrogens (tertiary/aromatic N) is 5. The lowest BCUT2D eigenvalue weighted by molar-refractivity contribution is 0.102. The highest BCUT2D eigenvalue weighted by Crippen LogP contribution is 2.53. The van der Waals surface area contributed by atoms with Crippen molar-refractivity contribution in [2.45, 2.75) is 24.7 Å². The lowest BCUT2D eigenvalue weighted by atomic mass is 9.57. The number of fused-ring (bicyclic) bond motifs is 1. The highest BCUT2D eigenvalue weighted by molar-refractivity contribution is 7.16. The molecule has 1 saturated carbocycles. The molecule has 0 aliphatic heterocycles. The number of aldehydes is 1. The third kappa shape index (κ3) is 3.58. The van der Waals surface area contributed by atoms with E-state index in [1.165, 1.54) is 17.4 Å². The number of hydrogen-bond acceptors (Lipinski definition) is 7. The first kappa shape index (κ1) is 21.0. The molecule has 4 aromatic rings. The van der Waals surface area contributed by atoms with Crippen LogP contribution < -0.4 is 5.32 Å². The van der Waals surface area contributed by atoms with Crippen LogP contribution in [-0.2, 0) is 12.5 Å². The Morgan fingerprint density at radius 2 is 2.21 bits per heavy atom. The van der Waals surface area contributed by atoms with Crippen LogP contribution in [0.25, 0.3) is 10.2 Å². The average Bonchev–Trinajstić information content (AvgIpc) is 3.44. The first-order chi connectivity index (χ1) is 16.0. The number of rotatable bonds is 6. The molecule has 5 rings (SSSR count). The minimum Gasteiger partial charge on any atom is -0.321 e. The van der Waals surface area contributed by atoms with Gasteiger partial charge in [0.15, 0.2) is 6.29 Å². The van der Waals surface area contributed by atoms with E-state index in [0.717, 1.165) is 35.9 Å². The number of benzene rings is 1. The first-order valence-corrected chi connectivity index (χ1v) is 11.4. The predicted molar refractivity (Wildman–Crippen MR) is 124 cm³/mol. The second-order valence-corrected chi connectivity index (χ2v) is 9.27. The van der Waals surface area contributed by atoms with Crippen molar-refractivity contribution in [3.63, 3.8) is 0 Å². The van der Waals surface area contributed by atoms with Gasteiger partial charge in [0.2, 0.25) is 0 Å². The second kappa shape index (κ2) is 8.22. The first-order valence-electron chi connectivity index (χ1n) is 10.5. The third-order valence-electron chi connectivity index (χ3n) is 6.30. The number of carbonyl (C=O) groups is 2. The van der Waals surface area contributed by atoms with Gasteiger partial charge >= 0.3 is 0 Å². The number of nitriles is 1. The summed E-state index contributed by atoms with van der Waals surface area (Å²) in [7, 11) is 1.91. The van der Waals surface area contributed by atoms with E-state index in [1.807, 2.05) is 47.3 Å². The summed E-state index contributed by atoms with van der Waals surface area (Å²) in [5.41, 5.74) is 1.92. The number of hydrogen-bond donors (Lipinski definition) is 1. The Balaban J connectivity index is 1.45. The molecule has 0 spiro atoms. The van der Waals surface area contributed by atoms with Gasteiger partial charge in [-0.1, -0.05) is 12.1 Å². The van der Waals surface area contributed by atoms with Crippen molar-refractivity contribution in [3.8, 4) is 6.07 Å². The minimum atomic E-state index is -0.380. The molecule has 0 saturated heterocycles. The highest BCUT2D eigenvalue weighted by Gasteiger charge is 2.49. The molecular formula is C24H20N6O2S. The summed E-state index contributed by atoms with van der Waals surface area (Å²) in [5, 5.41) is 23.0. The van der Waals surface area contributed by atoms with Gasteiger partial charge in [-0.15, -0.1) is 21.5 Å². The summed E-state index contributed by atoms with van der Waals surface area (Å²) in [5.74, 6) is 0.767. The number of pyridine rings is 1. The lowest BCUT2D eigenvalue weighted by Crippen LogP contribution is -2.44. The van der Waals surface area contributed by atoms with E-state index in [4.69, 9.17) is 5.26 Å². The lowest BCUT2D eigenvalue weighted by Gasteiger charge is -2.46. The molecular weight excluding hydrogens is 436 g/mol. The molecule has 1 aliphatic rings. The third-order valence-corrected chi connectivity index (χ3v) is 7.10. The zero-order valence-corrected chi connectivity index (χ0v) is 18.7. The molecule has 0 unspecified atom stereocenters. The van der Waals surface area contributed by atoms with Crippen LogP contribution in [0.4, 0.5) is 5.69 Å². The van der Waals surface area contributed by atoms with Crippen LogP contribution in [0.15, 0.2) is 48.1 Å². The zero-order chi connectivity index (χ0) is 23.0. The van der Waals surface area contributed by atoms with Gasteiger partial charge in [0.05, 0.1) is 11.5 Å². The highest BCUT2D eigenvalue weighted by atomic mass is 32.1. The number of thiophene rings is 1. The van der Waals surface area contributed by atoms with Crippen LogP contribution in [0.5, 0.6) is 0 Å². The van der Waals surface area contributed by atoms with Crippen molar-refractivity contribution < 1.29 is 9.59 Å². The Bertz CT molecular complexity index is 1410. The van der Waals surface area contributed by atoms with Gasteiger partial charge in [-0.05, 0) is 54.0 Å². The maximum absolute atomic E-state index is 13.0. The van der Waals surface area contributed by atoms with E-state index in [1.54, 1.807) is 6.33 Å². The average molecular weight is 457 g/mol. The smallest absolute Gasteiger partial charge is 0.274 e. The van der Waals surface area contributed by atoms with Crippen LogP contribution >= 0.6 is 11.3 Å². The molecule has 1 aromatic carbocycles. The number of aromatic nitrogens is 4. The van der Waals surface area contributed by atoms with Crippen molar-refractivity contribution >= 4 is 39.4 Å². The summed E-state index contributed by atoms with van der Waals surface area (Å²) in [6.07, 6.45) is 4.52. The molecule has 0 bridgehead atoms. The Morgan fingerprint density at radius 3 is 2.94 bits per heavy atom. The van der Waals surface area contributed by atoms with E-state index < -0.39 is 0 Å². The van der Waals surface area contributed by atoms with Gasteiger partial charge in [-0.3, -0.25) is 9.59 Å². The molecule has 8 nitrogen and oxygen atoms in total. The Labute approximate surface area is 193 Å². The number of aryl methyl sites for hydroxylation is 1. The van der Waals surface area contributed by atoms with Crippen LogP contribution in [0.3, 0.4) is 0 Å². The van der Waals surface area contributed by atoms with Gasteiger partial charge in [-0.25, -0.2) is 4.98 Å². The van der Waals surface area contributed by atoms with E-state index in [0.29, 0.717) is 28.4 Å².